The van der Waals surface area contributed by atoms with Crippen molar-refractivity contribution in [3.05, 3.63) is 12.7 Å². The Hall–Kier alpha value is -0.300. The maximum atomic E-state index is 3.76. The Labute approximate surface area is 83.6 Å². The zero-order chi connectivity index (χ0) is 10.3. The molecule has 0 saturated heterocycles. The van der Waals surface area contributed by atoms with Crippen LogP contribution in [0.2, 0.25) is 0 Å². The molecule has 1 nitrogen and oxygen atoms in total. The molecule has 0 heterocycles. The number of hydrogen-bond donors (Lipinski definition) is 1. The molecule has 0 aliphatic heterocycles. The maximum absolute atomic E-state index is 3.76. The highest BCUT2D eigenvalue weighted by molar-refractivity contribution is 4.83. The fraction of sp³-hybridized carbons (Fsp3) is 0.833. The Bertz CT molecular complexity index is 129. The average molecular weight is 183 g/mol. The minimum atomic E-state index is 0.439. The van der Waals surface area contributed by atoms with E-state index in [1.165, 1.54) is 19.3 Å². The molecular formula is C12H25N. The van der Waals surface area contributed by atoms with Crippen LogP contribution in [-0.4, -0.2) is 12.1 Å². The average Bonchev–Trinajstić information content (AvgIpc) is 2.03. The normalized spacial score (nSPS) is 15.8. The van der Waals surface area contributed by atoms with Crippen LogP contribution in [0.15, 0.2) is 12.7 Å². The topological polar surface area (TPSA) is 12.0 Å². The van der Waals surface area contributed by atoms with Crippen molar-refractivity contribution in [3.8, 4) is 0 Å². The molecule has 0 aromatic rings. The lowest BCUT2D eigenvalue weighted by Crippen LogP contribution is -2.32. The predicted octanol–water partition coefficient (Wildman–Crippen LogP) is 3.37. The van der Waals surface area contributed by atoms with Crippen LogP contribution in [0.3, 0.4) is 0 Å². The van der Waals surface area contributed by atoms with E-state index in [-0.39, 0.29) is 0 Å². The van der Waals surface area contributed by atoms with Gasteiger partial charge in [0.15, 0.2) is 0 Å². The monoisotopic (exact) mass is 183 g/mol. The molecule has 13 heavy (non-hydrogen) atoms. The first-order valence-corrected chi connectivity index (χ1v) is 5.44. The van der Waals surface area contributed by atoms with Crippen LogP contribution in [-0.2, 0) is 0 Å². The van der Waals surface area contributed by atoms with Crippen molar-refractivity contribution in [1.29, 1.82) is 0 Å². The molecule has 0 aliphatic rings. The van der Waals surface area contributed by atoms with Crippen molar-refractivity contribution >= 4 is 0 Å². The lowest BCUT2D eigenvalue weighted by molar-refractivity contribution is 0.443. The highest BCUT2D eigenvalue weighted by Crippen LogP contribution is 2.08. The molecule has 0 amide bonds. The Morgan fingerprint density at radius 1 is 1.15 bits per heavy atom. The first kappa shape index (κ1) is 12.7. The second-order valence-electron chi connectivity index (χ2n) is 4.42. The molecule has 1 N–H and O–H groups in total. The van der Waals surface area contributed by atoms with E-state index in [0.717, 1.165) is 5.92 Å². The summed E-state index contributed by atoms with van der Waals surface area (Å²) in [6.45, 7) is 12.7. The second-order valence-corrected chi connectivity index (χ2v) is 4.42. The SMILES string of the molecule is C=CC(C)NC(C)CCCC(C)C. The van der Waals surface area contributed by atoms with Gasteiger partial charge in [-0.05, 0) is 26.2 Å². The summed E-state index contributed by atoms with van der Waals surface area (Å²) in [4.78, 5) is 0. The van der Waals surface area contributed by atoms with E-state index < -0.39 is 0 Å². The summed E-state index contributed by atoms with van der Waals surface area (Å²) in [5, 5.41) is 3.49. The lowest BCUT2D eigenvalue weighted by atomic mass is 10.0. The van der Waals surface area contributed by atoms with Gasteiger partial charge in [-0.15, -0.1) is 6.58 Å². The van der Waals surface area contributed by atoms with E-state index in [1.807, 2.05) is 6.08 Å². The Kier molecular flexibility index (Phi) is 6.97. The zero-order valence-electron chi connectivity index (χ0n) is 9.64. The third kappa shape index (κ3) is 8.04. The van der Waals surface area contributed by atoms with Gasteiger partial charge in [0.25, 0.3) is 0 Å². The molecule has 1 heteroatoms. The lowest BCUT2D eigenvalue weighted by Gasteiger charge is -2.17. The highest BCUT2D eigenvalue weighted by Gasteiger charge is 2.04. The molecule has 0 aliphatic carbocycles. The highest BCUT2D eigenvalue weighted by atomic mass is 14.9. The summed E-state index contributed by atoms with van der Waals surface area (Å²) in [6.07, 6.45) is 5.90. The smallest absolute Gasteiger partial charge is 0.0221 e. The van der Waals surface area contributed by atoms with Crippen LogP contribution in [0.1, 0.15) is 47.0 Å². The van der Waals surface area contributed by atoms with E-state index in [9.17, 15) is 0 Å². The predicted molar refractivity (Wildman–Crippen MR) is 60.9 cm³/mol. The van der Waals surface area contributed by atoms with Gasteiger partial charge < -0.3 is 5.32 Å². The molecule has 2 unspecified atom stereocenters. The van der Waals surface area contributed by atoms with Crippen molar-refractivity contribution in [2.45, 2.75) is 59.0 Å². The van der Waals surface area contributed by atoms with Crippen molar-refractivity contribution in [2.75, 3.05) is 0 Å². The van der Waals surface area contributed by atoms with Crippen molar-refractivity contribution in [3.63, 3.8) is 0 Å². The zero-order valence-corrected chi connectivity index (χ0v) is 9.64. The minimum absolute atomic E-state index is 0.439. The fourth-order valence-corrected chi connectivity index (χ4v) is 1.43. The number of rotatable bonds is 7. The van der Waals surface area contributed by atoms with Gasteiger partial charge in [-0.1, -0.05) is 32.8 Å². The van der Waals surface area contributed by atoms with Gasteiger partial charge >= 0.3 is 0 Å². The molecule has 2 atom stereocenters. The van der Waals surface area contributed by atoms with Crippen LogP contribution >= 0.6 is 0 Å². The van der Waals surface area contributed by atoms with E-state index in [4.69, 9.17) is 0 Å². The second kappa shape index (κ2) is 7.14. The van der Waals surface area contributed by atoms with E-state index in [1.54, 1.807) is 0 Å². The van der Waals surface area contributed by atoms with Gasteiger partial charge in [-0.3, -0.25) is 0 Å². The molecule has 0 rings (SSSR count). The van der Waals surface area contributed by atoms with Gasteiger partial charge in [0.05, 0.1) is 0 Å². The van der Waals surface area contributed by atoms with E-state index >= 15 is 0 Å². The fourth-order valence-electron chi connectivity index (χ4n) is 1.43. The van der Waals surface area contributed by atoms with Crippen molar-refractivity contribution in [2.24, 2.45) is 5.92 Å². The molecule has 0 bridgehead atoms. The van der Waals surface area contributed by atoms with Crippen LogP contribution in [0.25, 0.3) is 0 Å². The largest absolute Gasteiger partial charge is 0.308 e. The van der Waals surface area contributed by atoms with Crippen LogP contribution < -0.4 is 5.32 Å². The summed E-state index contributed by atoms with van der Waals surface area (Å²) >= 11 is 0. The maximum Gasteiger partial charge on any atom is 0.0221 e. The molecule has 0 fully saturated rings. The molecule has 0 spiro atoms. The first-order chi connectivity index (χ1) is 6.06. The van der Waals surface area contributed by atoms with Gasteiger partial charge in [-0.2, -0.15) is 0 Å². The quantitative estimate of drug-likeness (QED) is 0.597. The third-order valence-corrected chi connectivity index (χ3v) is 2.32. The molecule has 0 aromatic carbocycles. The van der Waals surface area contributed by atoms with Crippen LogP contribution in [0, 0.1) is 5.92 Å². The molecular weight excluding hydrogens is 158 g/mol. The summed E-state index contributed by atoms with van der Waals surface area (Å²) in [5.41, 5.74) is 0. The Morgan fingerprint density at radius 2 is 1.77 bits per heavy atom. The summed E-state index contributed by atoms with van der Waals surface area (Å²) in [6, 6.07) is 1.06. The summed E-state index contributed by atoms with van der Waals surface area (Å²) in [7, 11) is 0. The standard InChI is InChI=1S/C12H25N/c1-6-11(4)13-12(5)9-7-8-10(2)3/h6,10-13H,1,7-9H2,2-5H3. The van der Waals surface area contributed by atoms with E-state index in [0.29, 0.717) is 12.1 Å². The van der Waals surface area contributed by atoms with Crippen molar-refractivity contribution in [1.82, 2.24) is 5.32 Å². The van der Waals surface area contributed by atoms with Gasteiger partial charge in [-0.25, -0.2) is 0 Å². The summed E-state index contributed by atoms with van der Waals surface area (Å²) in [5.74, 6) is 0.837. The third-order valence-electron chi connectivity index (χ3n) is 2.32. The summed E-state index contributed by atoms with van der Waals surface area (Å²) < 4.78 is 0. The Balaban J connectivity index is 3.39. The minimum Gasteiger partial charge on any atom is -0.308 e. The Morgan fingerprint density at radius 3 is 2.23 bits per heavy atom. The molecule has 0 radical (unpaired) electrons. The number of nitrogens with one attached hydrogen (secondary N) is 1. The van der Waals surface area contributed by atoms with E-state index in [2.05, 4.69) is 39.6 Å². The van der Waals surface area contributed by atoms with Gasteiger partial charge in [0.2, 0.25) is 0 Å². The van der Waals surface area contributed by atoms with Crippen molar-refractivity contribution < 1.29 is 0 Å². The van der Waals surface area contributed by atoms with Gasteiger partial charge in [0, 0.05) is 12.1 Å². The van der Waals surface area contributed by atoms with Crippen LogP contribution in [0.4, 0.5) is 0 Å². The van der Waals surface area contributed by atoms with Gasteiger partial charge in [0.1, 0.15) is 0 Å². The molecule has 0 saturated carbocycles. The number of hydrogen-bond acceptors (Lipinski definition) is 1. The molecule has 78 valence electrons. The first-order valence-electron chi connectivity index (χ1n) is 5.44. The molecule has 0 aromatic heterocycles. The van der Waals surface area contributed by atoms with Crippen LogP contribution in [0.5, 0.6) is 0 Å².